The maximum absolute atomic E-state index is 9.37. The standard InChI is InChI=1S/C9H13NOS3/c1-6(11)7-4-14-9(10-7)8-5-12-2-3-13-8/h4,6,8,11H,2-3,5H2,1H3. The van der Waals surface area contributed by atoms with Crippen molar-refractivity contribution in [1.82, 2.24) is 4.98 Å². The third-order valence-electron chi connectivity index (χ3n) is 2.06. The molecule has 2 atom stereocenters. The zero-order valence-corrected chi connectivity index (χ0v) is 10.4. The van der Waals surface area contributed by atoms with Crippen molar-refractivity contribution in [2.75, 3.05) is 17.3 Å². The van der Waals surface area contributed by atoms with Crippen molar-refractivity contribution in [3.63, 3.8) is 0 Å². The van der Waals surface area contributed by atoms with E-state index in [2.05, 4.69) is 4.98 Å². The number of aliphatic hydroxyl groups is 1. The van der Waals surface area contributed by atoms with Gasteiger partial charge in [-0.25, -0.2) is 4.98 Å². The molecule has 0 amide bonds. The second kappa shape index (κ2) is 4.88. The van der Waals surface area contributed by atoms with Gasteiger partial charge in [0.2, 0.25) is 0 Å². The fourth-order valence-electron chi connectivity index (χ4n) is 1.27. The highest BCUT2D eigenvalue weighted by Gasteiger charge is 2.20. The molecule has 2 unspecified atom stereocenters. The van der Waals surface area contributed by atoms with Crippen molar-refractivity contribution in [2.24, 2.45) is 0 Å². The Hall–Kier alpha value is 0.290. The summed E-state index contributed by atoms with van der Waals surface area (Å²) in [6, 6.07) is 0. The predicted octanol–water partition coefficient (Wildman–Crippen LogP) is 2.72. The van der Waals surface area contributed by atoms with Crippen LogP contribution in [0.25, 0.3) is 0 Å². The Morgan fingerprint density at radius 1 is 1.57 bits per heavy atom. The summed E-state index contributed by atoms with van der Waals surface area (Å²) in [5.41, 5.74) is 0.821. The molecule has 2 nitrogen and oxygen atoms in total. The average Bonchev–Trinajstić information content (AvgIpc) is 2.68. The van der Waals surface area contributed by atoms with Crippen LogP contribution in [0.3, 0.4) is 0 Å². The van der Waals surface area contributed by atoms with Crippen molar-refractivity contribution in [2.45, 2.75) is 18.3 Å². The molecule has 0 aliphatic carbocycles. The van der Waals surface area contributed by atoms with Crippen LogP contribution in [0.4, 0.5) is 0 Å². The highest BCUT2D eigenvalue weighted by Crippen LogP contribution is 2.38. The van der Waals surface area contributed by atoms with Crippen LogP contribution < -0.4 is 0 Å². The number of aromatic nitrogens is 1. The molecular weight excluding hydrogens is 234 g/mol. The zero-order chi connectivity index (χ0) is 9.97. The van der Waals surface area contributed by atoms with Crippen molar-refractivity contribution in [3.8, 4) is 0 Å². The van der Waals surface area contributed by atoms with Gasteiger partial charge < -0.3 is 5.11 Å². The summed E-state index contributed by atoms with van der Waals surface area (Å²) >= 11 is 5.66. The lowest BCUT2D eigenvalue weighted by Gasteiger charge is -2.18. The molecule has 1 saturated heterocycles. The van der Waals surface area contributed by atoms with E-state index in [0.29, 0.717) is 5.25 Å². The molecule has 1 fully saturated rings. The van der Waals surface area contributed by atoms with Gasteiger partial charge >= 0.3 is 0 Å². The lowest BCUT2D eigenvalue weighted by atomic mass is 10.3. The van der Waals surface area contributed by atoms with E-state index in [9.17, 15) is 5.11 Å². The minimum absolute atomic E-state index is 0.429. The van der Waals surface area contributed by atoms with E-state index in [1.165, 1.54) is 16.5 Å². The monoisotopic (exact) mass is 247 g/mol. The second-order valence-corrected chi connectivity index (χ2v) is 6.57. The van der Waals surface area contributed by atoms with Gasteiger partial charge in [0.05, 0.1) is 17.0 Å². The Morgan fingerprint density at radius 3 is 3.00 bits per heavy atom. The molecule has 0 spiro atoms. The molecule has 0 bridgehead atoms. The summed E-state index contributed by atoms with van der Waals surface area (Å²) in [4.78, 5) is 4.47. The fraction of sp³-hybridized carbons (Fsp3) is 0.667. The highest BCUT2D eigenvalue weighted by molar-refractivity contribution is 8.06. The minimum Gasteiger partial charge on any atom is -0.387 e. The molecule has 1 aliphatic heterocycles. The summed E-state index contributed by atoms with van der Waals surface area (Å²) in [7, 11) is 0. The van der Waals surface area contributed by atoms with Crippen LogP contribution in [-0.2, 0) is 0 Å². The van der Waals surface area contributed by atoms with E-state index in [1.54, 1.807) is 18.3 Å². The molecule has 0 saturated carbocycles. The Kier molecular flexibility index (Phi) is 3.76. The van der Waals surface area contributed by atoms with Gasteiger partial charge in [-0.3, -0.25) is 0 Å². The normalized spacial score (nSPS) is 24.9. The highest BCUT2D eigenvalue weighted by atomic mass is 32.2. The summed E-state index contributed by atoms with van der Waals surface area (Å²) < 4.78 is 0. The third kappa shape index (κ3) is 2.45. The number of rotatable bonds is 2. The van der Waals surface area contributed by atoms with Crippen LogP contribution in [0, 0.1) is 0 Å². The third-order valence-corrected chi connectivity index (χ3v) is 5.95. The zero-order valence-electron chi connectivity index (χ0n) is 7.97. The molecule has 14 heavy (non-hydrogen) atoms. The van der Waals surface area contributed by atoms with E-state index in [4.69, 9.17) is 0 Å². The molecule has 2 heterocycles. The molecule has 5 heteroatoms. The van der Waals surface area contributed by atoms with Gasteiger partial charge in [-0.05, 0) is 6.92 Å². The summed E-state index contributed by atoms with van der Waals surface area (Å²) in [5.74, 6) is 3.64. The Labute approximate surface area is 96.5 Å². The van der Waals surface area contributed by atoms with E-state index >= 15 is 0 Å². The van der Waals surface area contributed by atoms with Crippen LogP contribution in [0.1, 0.15) is 29.0 Å². The number of thiazole rings is 1. The lowest BCUT2D eigenvalue weighted by Crippen LogP contribution is -2.06. The molecular formula is C9H13NOS3. The first-order chi connectivity index (χ1) is 6.77. The van der Waals surface area contributed by atoms with Gasteiger partial charge in [0.15, 0.2) is 0 Å². The summed E-state index contributed by atoms with van der Waals surface area (Å²) in [6.45, 7) is 1.77. The first kappa shape index (κ1) is 10.8. The average molecular weight is 247 g/mol. The smallest absolute Gasteiger partial charge is 0.107 e. The predicted molar refractivity (Wildman–Crippen MR) is 65.3 cm³/mol. The molecule has 1 aliphatic rings. The van der Waals surface area contributed by atoms with E-state index in [0.717, 1.165) is 11.4 Å². The molecule has 78 valence electrons. The molecule has 1 aromatic heterocycles. The van der Waals surface area contributed by atoms with Crippen LogP contribution in [-0.4, -0.2) is 27.3 Å². The van der Waals surface area contributed by atoms with Gasteiger partial charge in [0, 0.05) is 22.6 Å². The fourth-order valence-corrected chi connectivity index (χ4v) is 5.18. The van der Waals surface area contributed by atoms with E-state index in [-0.39, 0.29) is 0 Å². The summed E-state index contributed by atoms with van der Waals surface area (Å²) in [6.07, 6.45) is -0.429. The Morgan fingerprint density at radius 2 is 2.43 bits per heavy atom. The van der Waals surface area contributed by atoms with Crippen LogP contribution >= 0.6 is 34.9 Å². The van der Waals surface area contributed by atoms with Crippen molar-refractivity contribution in [1.29, 1.82) is 0 Å². The van der Waals surface area contributed by atoms with Gasteiger partial charge in [0.25, 0.3) is 0 Å². The number of hydrogen-bond acceptors (Lipinski definition) is 5. The minimum atomic E-state index is -0.429. The van der Waals surface area contributed by atoms with E-state index in [1.807, 2.05) is 28.9 Å². The molecule has 1 aromatic rings. The van der Waals surface area contributed by atoms with Crippen LogP contribution in [0.2, 0.25) is 0 Å². The van der Waals surface area contributed by atoms with Crippen LogP contribution in [0.15, 0.2) is 5.38 Å². The first-order valence-electron chi connectivity index (χ1n) is 4.60. The summed E-state index contributed by atoms with van der Waals surface area (Å²) in [5, 5.41) is 13.1. The molecule has 2 rings (SSSR count). The Bertz CT molecular complexity index is 294. The maximum atomic E-state index is 9.37. The molecule has 1 N–H and O–H groups in total. The van der Waals surface area contributed by atoms with Crippen molar-refractivity contribution >= 4 is 34.9 Å². The van der Waals surface area contributed by atoms with Gasteiger partial charge in [-0.1, -0.05) is 0 Å². The molecule has 0 aromatic carbocycles. The van der Waals surface area contributed by atoms with Crippen molar-refractivity contribution in [3.05, 3.63) is 16.1 Å². The Balaban J connectivity index is 2.07. The number of aliphatic hydroxyl groups excluding tert-OH is 1. The van der Waals surface area contributed by atoms with Gasteiger partial charge in [-0.15, -0.1) is 23.1 Å². The number of thioether (sulfide) groups is 2. The quantitative estimate of drug-likeness (QED) is 0.871. The first-order valence-corrected chi connectivity index (χ1v) is 7.68. The van der Waals surface area contributed by atoms with Crippen LogP contribution in [0.5, 0.6) is 0 Å². The number of hydrogen-bond donors (Lipinski definition) is 1. The second-order valence-electron chi connectivity index (χ2n) is 3.22. The largest absolute Gasteiger partial charge is 0.387 e. The number of nitrogens with zero attached hydrogens (tertiary/aromatic N) is 1. The van der Waals surface area contributed by atoms with Gasteiger partial charge in [-0.2, -0.15) is 11.8 Å². The van der Waals surface area contributed by atoms with Gasteiger partial charge in [0.1, 0.15) is 5.01 Å². The maximum Gasteiger partial charge on any atom is 0.107 e. The van der Waals surface area contributed by atoms with E-state index < -0.39 is 6.10 Å². The topological polar surface area (TPSA) is 33.1 Å². The van der Waals surface area contributed by atoms with Crippen molar-refractivity contribution < 1.29 is 5.11 Å². The lowest BCUT2D eigenvalue weighted by molar-refractivity contribution is 0.195. The SMILES string of the molecule is CC(O)c1csc(C2CSCCS2)n1. The molecule has 0 radical (unpaired) electrons.